The number of anilines is 1. The van der Waals surface area contributed by atoms with Crippen molar-refractivity contribution in [2.45, 2.75) is 13.5 Å². The molecule has 0 aliphatic carbocycles. The third kappa shape index (κ3) is 2.61. The maximum Gasteiger partial charge on any atom is 0.200 e. The van der Waals surface area contributed by atoms with Gasteiger partial charge in [-0.3, -0.25) is 0 Å². The minimum Gasteiger partial charge on any atom is -0.371 e. The first kappa shape index (κ1) is 12.4. The summed E-state index contributed by atoms with van der Waals surface area (Å²) >= 11 is 6.96. The fraction of sp³-hybridized carbons (Fsp3) is 0.500. The number of H-pyrrole nitrogens is 1. The number of aromatic amines is 1. The molecule has 0 spiro atoms. The number of aromatic nitrogens is 4. The third-order valence-corrected chi connectivity index (χ3v) is 3.49. The lowest BCUT2D eigenvalue weighted by Crippen LogP contribution is -2.03. The Morgan fingerprint density at radius 3 is 3.12 bits per heavy atom. The number of fused-ring (bicyclic) bond motifs is 1. The summed E-state index contributed by atoms with van der Waals surface area (Å²) in [4.78, 5) is 11.6. The van der Waals surface area contributed by atoms with Gasteiger partial charge in [-0.25, -0.2) is 9.97 Å². The van der Waals surface area contributed by atoms with Crippen LogP contribution in [-0.4, -0.2) is 38.1 Å². The molecule has 2 N–H and O–H groups in total. The van der Waals surface area contributed by atoms with E-state index in [0.29, 0.717) is 4.77 Å². The van der Waals surface area contributed by atoms with Crippen LogP contribution in [0.1, 0.15) is 6.92 Å². The van der Waals surface area contributed by atoms with E-state index in [2.05, 4.69) is 31.8 Å². The Labute approximate surface area is 109 Å². The summed E-state index contributed by atoms with van der Waals surface area (Å²) in [5, 5.41) is 3.06. The number of nitrogens with zero attached hydrogens (tertiary/aromatic N) is 3. The molecule has 0 aromatic carbocycles. The second-order valence-electron chi connectivity index (χ2n) is 3.47. The molecule has 0 radical (unpaired) electrons. The lowest BCUT2D eigenvalue weighted by atomic mass is 10.4. The Bertz CT molecular complexity index is 559. The molecule has 0 fully saturated rings. The van der Waals surface area contributed by atoms with Crippen LogP contribution >= 0.6 is 24.0 Å². The van der Waals surface area contributed by atoms with Crippen LogP contribution in [0.5, 0.6) is 0 Å². The van der Waals surface area contributed by atoms with Gasteiger partial charge in [0.2, 0.25) is 4.77 Å². The number of rotatable bonds is 5. The van der Waals surface area contributed by atoms with Gasteiger partial charge < -0.3 is 14.9 Å². The predicted molar refractivity (Wildman–Crippen MR) is 75.3 cm³/mol. The van der Waals surface area contributed by atoms with Crippen LogP contribution in [0.4, 0.5) is 5.82 Å². The van der Waals surface area contributed by atoms with Gasteiger partial charge in [0.1, 0.15) is 5.52 Å². The second kappa shape index (κ2) is 5.50. The standard InChI is InChI=1S/C10H15N5S2/c1-3-17-5-4-15-6-12-9-7(15)8(11-2)13-10(16)14-9/h6H,3-5H2,1-2H3,(H2,11,13,14,16). The Balaban J connectivity index is 2.40. The molecule has 2 heterocycles. The number of nitrogens with one attached hydrogen (secondary N) is 2. The van der Waals surface area contributed by atoms with Crippen molar-refractivity contribution in [2.24, 2.45) is 0 Å². The van der Waals surface area contributed by atoms with E-state index in [1.807, 2.05) is 25.1 Å². The van der Waals surface area contributed by atoms with Gasteiger partial charge in [0.25, 0.3) is 0 Å². The predicted octanol–water partition coefficient (Wildman–Crippen LogP) is 2.28. The smallest absolute Gasteiger partial charge is 0.200 e. The zero-order valence-corrected chi connectivity index (χ0v) is 11.5. The molecule has 0 aliphatic rings. The first-order chi connectivity index (χ1) is 8.26. The monoisotopic (exact) mass is 269 g/mol. The third-order valence-electron chi connectivity index (χ3n) is 2.42. The molecule has 92 valence electrons. The molecule has 0 atom stereocenters. The van der Waals surface area contributed by atoms with Crippen molar-refractivity contribution in [1.29, 1.82) is 0 Å². The first-order valence-corrected chi connectivity index (χ1v) is 7.03. The van der Waals surface area contributed by atoms with E-state index in [1.54, 1.807) is 0 Å². The van der Waals surface area contributed by atoms with Crippen LogP contribution in [0.25, 0.3) is 11.2 Å². The van der Waals surface area contributed by atoms with E-state index in [9.17, 15) is 0 Å². The average Bonchev–Trinajstić information content (AvgIpc) is 2.71. The van der Waals surface area contributed by atoms with Crippen LogP contribution in [0.15, 0.2) is 6.33 Å². The molecule has 7 heteroatoms. The van der Waals surface area contributed by atoms with Crippen molar-refractivity contribution < 1.29 is 0 Å². The molecule has 2 aromatic heterocycles. The van der Waals surface area contributed by atoms with E-state index in [0.717, 1.165) is 35.0 Å². The molecule has 0 aliphatic heterocycles. The van der Waals surface area contributed by atoms with Gasteiger partial charge >= 0.3 is 0 Å². The average molecular weight is 269 g/mol. The molecule has 0 bridgehead atoms. The van der Waals surface area contributed by atoms with Gasteiger partial charge in [-0.15, -0.1) is 0 Å². The van der Waals surface area contributed by atoms with Crippen LogP contribution in [0, 0.1) is 4.77 Å². The largest absolute Gasteiger partial charge is 0.371 e. The molecular weight excluding hydrogens is 254 g/mol. The van der Waals surface area contributed by atoms with E-state index >= 15 is 0 Å². The Hall–Kier alpha value is -1.08. The van der Waals surface area contributed by atoms with Crippen molar-refractivity contribution in [1.82, 2.24) is 19.5 Å². The molecule has 0 saturated carbocycles. The SMILES string of the molecule is CCSCCn1cnc2[nH]c(=S)nc(NC)c21. The maximum atomic E-state index is 5.05. The molecule has 5 nitrogen and oxygen atoms in total. The second-order valence-corrected chi connectivity index (χ2v) is 5.25. The van der Waals surface area contributed by atoms with Crippen molar-refractivity contribution in [3.63, 3.8) is 0 Å². The first-order valence-electron chi connectivity index (χ1n) is 5.47. The molecule has 2 rings (SSSR count). The molecular formula is C10H15N5S2. The summed E-state index contributed by atoms with van der Waals surface area (Å²) in [6.07, 6.45) is 1.83. The highest BCUT2D eigenvalue weighted by Gasteiger charge is 2.09. The van der Waals surface area contributed by atoms with Crippen molar-refractivity contribution >= 4 is 41.0 Å². The number of imidazole rings is 1. The minimum absolute atomic E-state index is 0.454. The quantitative estimate of drug-likeness (QED) is 0.644. The summed E-state index contributed by atoms with van der Waals surface area (Å²) in [6, 6.07) is 0. The number of hydrogen-bond acceptors (Lipinski definition) is 5. The van der Waals surface area contributed by atoms with Gasteiger partial charge in [0, 0.05) is 19.3 Å². The lowest BCUT2D eigenvalue weighted by Gasteiger charge is -2.06. The lowest BCUT2D eigenvalue weighted by molar-refractivity contribution is 0.795. The van der Waals surface area contributed by atoms with E-state index in [4.69, 9.17) is 12.2 Å². The highest BCUT2D eigenvalue weighted by atomic mass is 32.2. The fourth-order valence-electron chi connectivity index (χ4n) is 1.66. The van der Waals surface area contributed by atoms with Crippen LogP contribution in [0.2, 0.25) is 0 Å². The van der Waals surface area contributed by atoms with E-state index in [-0.39, 0.29) is 0 Å². The number of thioether (sulfide) groups is 1. The number of aryl methyl sites for hydroxylation is 1. The topological polar surface area (TPSA) is 58.5 Å². The Morgan fingerprint density at radius 1 is 1.59 bits per heavy atom. The Morgan fingerprint density at radius 2 is 2.41 bits per heavy atom. The normalized spacial score (nSPS) is 10.9. The van der Waals surface area contributed by atoms with Gasteiger partial charge in [0.05, 0.1) is 6.33 Å². The fourth-order valence-corrected chi connectivity index (χ4v) is 2.46. The van der Waals surface area contributed by atoms with Crippen LogP contribution in [-0.2, 0) is 6.54 Å². The van der Waals surface area contributed by atoms with Crippen molar-refractivity contribution in [3.8, 4) is 0 Å². The van der Waals surface area contributed by atoms with Gasteiger partial charge in [-0.2, -0.15) is 11.8 Å². The number of hydrogen-bond donors (Lipinski definition) is 2. The zero-order valence-electron chi connectivity index (χ0n) is 9.86. The molecule has 17 heavy (non-hydrogen) atoms. The minimum atomic E-state index is 0.454. The summed E-state index contributed by atoms with van der Waals surface area (Å²) < 4.78 is 2.55. The van der Waals surface area contributed by atoms with Crippen LogP contribution < -0.4 is 5.32 Å². The summed E-state index contributed by atoms with van der Waals surface area (Å²) in [5.74, 6) is 2.98. The van der Waals surface area contributed by atoms with Gasteiger partial charge in [-0.1, -0.05) is 6.92 Å². The van der Waals surface area contributed by atoms with E-state index < -0.39 is 0 Å². The summed E-state index contributed by atoms with van der Waals surface area (Å²) in [6.45, 7) is 3.09. The molecule has 0 unspecified atom stereocenters. The maximum absolute atomic E-state index is 5.05. The highest BCUT2D eigenvalue weighted by Crippen LogP contribution is 2.18. The summed E-state index contributed by atoms with van der Waals surface area (Å²) in [7, 11) is 1.84. The van der Waals surface area contributed by atoms with Gasteiger partial charge in [-0.05, 0) is 18.0 Å². The molecule has 0 amide bonds. The van der Waals surface area contributed by atoms with Crippen molar-refractivity contribution in [2.75, 3.05) is 23.9 Å². The summed E-state index contributed by atoms with van der Waals surface area (Å²) in [5.41, 5.74) is 1.77. The zero-order chi connectivity index (χ0) is 12.3. The van der Waals surface area contributed by atoms with Crippen molar-refractivity contribution in [3.05, 3.63) is 11.1 Å². The van der Waals surface area contributed by atoms with Gasteiger partial charge in [0.15, 0.2) is 11.5 Å². The Kier molecular flexibility index (Phi) is 4.01. The molecule has 0 saturated heterocycles. The van der Waals surface area contributed by atoms with E-state index in [1.165, 1.54) is 0 Å². The highest BCUT2D eigenvalue weighted by molar-refractivity contribution is 7.99. The molecule has 2 aromatic rings. The van der Waals surface area contributed by atoms with Crippen LogP contribution in [0.3, 0.4) is 0 Å².